The molecule has 0 unspecified atom stereocenters. The summed E-state index contributed by atoms with van der Waals surface area (Å²) < 4.78 is 2.13. The molecule has 0 atom stereocenters. The molecular formula is C11H8Br2ClNS. The normalized spacial score (nSPS) is 10.4. The fourth-order valence-corrected chi connectivity index (χ4v) is 3.30. The highest BCUT2D eigenvalue weighted by atomic mass is 79.9. The number of benzene rings is 1. The van der Waals surface area contributed by atoms with Crippen LogP contribution in [0.3, 0.4) is 0 Å². The Morgan fingerprint density at radius 1 is 1.25 bits per heavy atom. The molecule has 1 N–H and O–H groups in total. The summed E-state index contributed by atoms with van der Waals surface area (Å²) in [6.07, 6.45) is 0. The number of thiophene rings is 1. The van der Waals surface area contributed by atoms with Crippen molar-refractivity contribution in [1.82, 2.24) is 0 Å². The molecule has 2 aromatic rings. The summed E-state index contributed by atoms with van der Waals surface area (Å²) in [5.74, 6) is 0. The molecule has 0 spiro atoms. The van der Waals surface area contributed by atoms with Gasteiger partial charge in [-0.1, -0.05) is 11.6 Å². The number of anilines is 1. The van der Waals surface area contributed by atoms with Gasteiger partial charge in [-0.3, -0.25) is 0 Å². The maximum Gasteiger partial charge on any atom is 0.0701 e. The summed E-state index contributed by atoms with van der Waals surface area (Å²) in [6.45, 7) is 0.808. The molecule has 1 heterocycles. The van der Waals surface area contributed by atoms with E-state index in [0.717, 1.165) is 25.5 Å². The van der Waals surface area contributed by atoms with E-state index in [1.807, 2.05) is 18.2 Å². The molecule has 0 amide bonds. The van der Waals surface area contributed by atoms with Crippen LogP contribution >= 0.6 is 54.8 Å². The van der Waals surface area contributed by atoms with Crippen LogP contribution in [0.2, 0.25) is 5.02 Å². The molecule has 0 saturated heterocycles. The van der Waals surface area contributed by atoms with Crippen LogP contribution in [0.15, 0.2) is 37.9 Å². The highest BCUT2D eigenvalue weighted by molar-refractivity contribution is 9.11. The molecule has 0 aliphatic rings. The summed E-state index contributed by atoms with van der Waals surface area (Å²) in [7, 11) is 0. The van der Waals surface area contributed by atoms with E-state index < -0.39 is 0 Å². The van der Waals surface area contributed by atoms with Gasteiger partial charge in [-0.2, -0.15) is 0 Å². The van der Waals surface area contributed by atoms with Gasteiger partial charge in [0, 0.05) is 21.7 Å². The third-order valence-corrected chi connectivity index (χ3v) is 4.48. The molecule has 1 aromatic carbocycles. The van der Waals surface area contributed by atoms with Crippen LogP contribution < -0.4 is 5.32 Å². The predicted molar refractivity (Wildman–Crippen MR) is 78.5 cm³/mol. The van der Waals surface area contributed by atoms with Crippen molar-refractivity contribution >= 4 is 60.5 Å². The van der Waals surface area contributed by atoms with Crippen LogP contribution in [0.4, 0.5) is 5.69 Å². The van der Waals surface area contributed by atoms with Crippen LogP contribution in [-0.2, 0) is 6.54 Å². The Bertz CT molecular complexity index is 498. The molecule has 1 aromatic heterocycles. The number of halogens is 3. The van der Waals surface area contributed by atoms with Crippen molar-refractivity contribution in [3.63, 3.8) is 0 Å². The SMILES string of the molecule is Clc1ccc(NCc2csc(Br)c2)c(Br)c1. The lowest BCUT2D eigenvalue weighted by atomic mass is 10.3. The number of hydrogen-bond acceptors (Lipinski definition) is 2. The summed E-state index contributed by atoms with van der Waals surface area (Å²) in [4.78, 5) is 0. The van der Waals surface area contributed by atoms with E-state index in [2.05, 4.69) is 48.6 Å². The second-order valence-corrected chi connectivity index (χ2v) is 6.82. The van der Waals surface area contributed by atoms with Crippen molar-refractivity contribution < 1.29 is 0 Å². The summed E-state index contributed by atoms with van der Waals surface area (Å²) in [5.41, 5.74) is 2.31. The monoisotopic (exact) mass is 379 g/mol. The van der Waals surface area contributed by atoms with E-state index in [9.17, 15) is 0 Å². The average molecular weight is 382 g/mol. The Labute approximate surface area is 120 Å². The maximum absolute atomic E-state index is 5.88. The molecule has 5 heteroatoms. The van der Waals surface area contributed by atoms with Crippen molar-refractivity contribution in [2.45, 2.75) is 6.54 Å². The van der Waals surface area contributed by atoms with Gasteiger partial charge >= 0.3 is 0 Å². The van der Waals surface area contributed by atoms with Crippen molar-refractivity contribution in [2.24, 2.45) is 0 Å². The van der Waals surface area contributed by atoms with Gasteiger partial charge in [-0.05, 0) is 67.1 Å². The first kappa shape index (κ1) is 12.4. The fraction of sp³-hybridized carbons (Fsp3) is 0.0909. The van der Waals surface area contributed by atoms with Gasteiger partial charge in [0.15, 0.2) is 0 Å². The predicted octanol–water partition coefficient (Wildman–Crippen LogP) is 5.54. The zero-order valence-corrected chi connectivity index (χ0v) is 12.9. The van der Waals surface area contributed by atoms with Gasteiger partial charge in [0.05, 0.1) is 3.79 Å². The Balaban J connectivity index is 2.04. The second kappa shape index (κ2) is 5.54. The highest BCUT2D eigenvalue weighted by Gasteiger charge is 2.01. The minimum Gasteiger partial charge on any atom is -0.380 e. The molecule has 2 rings (SSSR count). The first-order valence-electron chi connectivity index (χ1n) is 4.57. The van der Waals surface area contributed by atoms with Crippen LogP contribution in [0.25, 0.3) is 0 Å². The standard InChI is InChI=1S/C11H8Br2ClNS/c12-9-4-8(14)1-2-10(9)15-5-7-3-11(13)16-6-7/h1-4,6,15H,5H2. The van der Waals surface area contributed by atoms with E-state index in [4.69, 9.17) is 11.6 Å². The first-order valence-corrected chi connectivity index (χ1v) is 7.41. The Hall–Kier alpha value is -0.0300. The largest absolute Gasteiger partial charge is 0.380 e. The molecule has 0 aliphatic heterocycles. The van der Waals surface area contributed by atoms with Gasteiger partial charge in [0.1, 0.15) is 0 Å². The molecule has 84 valence electrons. The molecule has 0 fully saturated rings. The molecule has 0 bridgehead atoms. The number of hydrogen-bond donors (Lipinski definition) is 1. The molecule has 1 nitrogen and oxygen atoms in total. The van der Waals surface area contributed by atoms with Crippen LogP contribution in [-0.4, -0.2) is 0 Å². The van der Waals surface area contributed by atoms with Crippen LogP contribution in [0.1, 0.15) is 5.56 Å². The lowest BCUT2D eigenvalue weighted by Crippen LogP contribution is -1.98. The maximum atomic E-state index is 5.88. The van der Waals surface area contributed by atoms with Gasteiger partial charge in [-0.15, -0.1) is 11.3 Å². The highest BCUT2D eigenvalue weighted by Crippen LogP contribution is 2.27. The van der Waals surface area contributed by atoms with Crippen LogP contribution in [0.5, 0.6) is 0 Å². The van der Waals surface area contributed by atoms with Crippen molar-refractivity contribution in [2.75, 3.05) is 5.32 Å². The van der Waals surface area contributed by atoms with E-state index in [0.29, 0.717) is 0 Å². The summed E-state index contributed by atoms with van der Waals surface area (Å²) in [6, 6.07) is 7.83. The molecule has 0 radical (unpaired) electrons. The number of nitrogens with one attached hydrogen (secondary N) is 1. The van der Waals surface area contributed by atoms with Crippen molar-refractivity contribution in [3.8, 4) is 0 Å². The third kappa shape index (κ3) is 3.23. The second-order valence-electron chi connectivity index (χ2n) is 3.24. The van der Waals surface area contributed by atoms with E-state index in [1.54, 1.807) is 11.3 Å². The fourth-order valence-electron chi connectivity index (χ4n) is 1.27. The lowest BCUT2D eigenvalue weighted by molar-refractivity contribution is 1.16. The summed E-state index contributed by atoms with van der Waals surface area (Å²) in [5, 5.41) is 6.21. The van der Waals surface area contributed by atoms with Gasteiger partial charge in [0.2, 0.25) is 0 Å². The summed E-state index contributed by atoms with van der Waals surface area (Å²) >= 11 is 14.5. The van der Waals surface area contributed by atoms with Gasteiger partial charge in [-0.25, -0.2) is 0 Å². The molecule has 0 saturated carbocycles. The molecule has 16 heavy (non-hydrogen) atoms. The topological polar surface area (TPSA) is 12.0 Å². The van der Waals surface area contributed by atoms with Crippen LogP contribution in [0, 0.1) is 0 Å². The molecule has 0 aliphatic carbocycles. The minimum atomic E-state index is 0.732. The van der Waals surface area contributed by atoms with Crippen molar-refractivity contribution in [3.05, 3.63) is 48.5 Å². The molecular weight excluding hydrogens is 373 g/mol. The average Bonchev–Trinajstić information content (AvgIpc) is 2.63. The lowest BCUT2D eigenvalue weighted by Gasteiger charge is -2.07. The van der Waals surface area contributed by atoms with Gasteiger partial charge < -0.3 is 5.32 Å². The Kier molecular flexibility index (Phi) is 4.30. The number of rotatable bonds is 3. The zero-order chi connectivity index (χ0) is 11.5. The van der Waals surface area contributed by atoms with Crippen molar-refractivity contribution in [1.29, 1.82) is 0 Å². The third-order valence-electron chi connectivity index (χ3n) is 2.04. The first-order chi connectivity index (χ1) is 7.65. The minimum absolute atomic E-state index is 0.732. The Morgan fingerprint density at radius 2 is 2.06 bits per heavy atom. The van der Waals surface area contributed by atoms with E-state index in [1.165, 1.54) is 5.56 Å². The smallest absolute Gasteiger partial charge is 0.0701 e. The Morgan fingerprint density at radius 3 is 2.69 bits per heavy atom. The van der Waals surface area contributed by atoms with Gasteiger partial charge in [0.25, 0.3) is 0 Å². The zero-order valence-electron chi connectivity index (χ0n) is 8.14. The quantitative estimate of drug-likeness (QED) is 0.736. The van der Waals surface area contributed by atoms with E-state index in [-0.39, 0.29) is 0 Å². The van der Waals surface area contributed by atoms with E-state index >= 15 is 0 Å².